The third-order valence-electron chi connectivity index (χ3n) is 5.48. The first kappa shape index (κ1) is 19.4. The van der Waals surface area contributed by atoms with Crippen LogP contribution in [0, 0.1) is 0 Å². The molecule has 0 spiro atoms. The van der Waals surface area contributed by atoms with Crippen LogP contribution < -0.4 is 10.6 Å². The van der Waals surface area contributed by atoms with Crippen LogP contribution in [-0.2, 0) is 6.54 Å². The van der Waals surface area contributed by atoms with Gasteiger partial charge in [0.25, 0.3) is 0 Å². The molecule has 1 atom stereocenters. The zero-order valence-corrected chi connectivity index (χ0v) is 16.4. The van der Waals surface area contributed by atoms with Crippen molar-refractivity contribution in [3.8, 4) is 0 Å². The van der Waals surface area contributed by atoms with Crippen LogP contribution in [0.5, 0.6) is 0 Å². The van der Waals surface area contributed by atoms with Crippen molar-refractivity contribution < 1.29 is 4.79 Å². The molecule has 0 aliphatic heterocycles. The van der Waals surface area contributed by atoms with Crippen molar-refractivity contribution in [1.29, 1.82) is 0 Å². The van der Waals surface area contributed by atoms with E-state index in [4.69, 9.17) is 0 Å². The van der Waals surface area contributed by atoms with Gasteiger partial charge in [0.1, 0.15) is 0 Å². The molecule has 146 valence electrons. The molecule has 2 aromatic rings. The first-order chi connectivity index (χ1) is 13.1. The van der Waals surface area contributed by atoms with Gasteiger partial charge in [-0.15, -0.1) is 0 Å². The maximum absolute atomic E-state index is 12.4. The monoisotopic (exact) mass is 369 g/mol. The molecule has 6 heteroatoms. The van der Waals surface area contributed by atoms with Gasteiger partial charge < -0.3 is 15.2 Å². The SMILES string of the molecule is CC(CNC(=O)Nc1ccccc1CN(C)C1CCCCC1)n1ccnc1. The summed E-state index contributed by atoms with van der Waals surface area (Å²) in [6, 6.07) is 8.71. The normalized spacial score (nSPS) is 16.3. The predicted octanol–water partition coefficient (Wildman–Crippen LogP) is 4.03. The van der Waals surface area contributed by atoms with E-state index >= 15 is 0 Å². The van der Waals surface area contributed by atoms with Gasteiger partial charge in [-0.2, -0.15) is 0 Å². The van der Waals surface area contributed by atoms with Gasteiger partial charge in [-0.05, 0) is 38.4 Å². The summed E-state index contributed by atoms with van der Waals surface area (Å²) in [6.07, 6.45) is 12.0. The molecule has 6 nitrogen and oxygen atoms in total. The summed E-state index contributed by atoms with van der Waals surface area (Å²) in [4.78, 5) is 18.8. The standard InChI is InChI=1S/C21H31N5O/c1-17(26-13-12-22-16-26)14-23-21(27)24-20-11-7-6-8-18(20)15-25(2)19-9-4-3-5-10-19/h6-8,11-13,16-17,19H,3-5,9-10,14-15H2,1-2H3,(H2,23,24,27). The van der Waals surface area contributed by atoms with Crippen LogP contribution in [0.15, 0.2) is 43.0 Å². The molecule has 1 aliphatic rings. The van der Waals surface area contributed by atoms with Gasteiger partial charge >= 0.3 is 6.03 Å². The molecule has 1 unspecified atom stereocenters. The van der Waals surface area contributed by atoms with E-state index in [-0.39, 0.29) is 12.1 Å². The molecule has 2 amide bonds. The lowest BCUT2D eigenvalue weighted by Gasteiger charge is -2.31. The minimum Gasteiger partial charge on any atom is -0.336 e. The molecule has 0 bridgehead atoms. The Bertz CT molecular complexity index is 709. The second kappa shape index (κ2) is 9.55. The number of hydrogen-bond acceptors (Lipinski definition) is 3. The molecule has 1 aliphatic carbocycles. The number of urea groups is 1. The molecule has 2 N–H and O–H groups in total. The summed E-state index contributed by atoms with van der Waals surface area (Å²) < 4.78 is 1.98. The molecular formula is C21H31N5O. The Hall–Kier alpha value is -2.34. The fourth-order valence-corrected chi connectivity index (χ4v) is 3.74. The second-order valence-electron chi connectivity index (χ2n) is 7.56. The van der Waals surface area contributed by atoms with E-state index in [1.165, 1.54) is 32.1 Å². The number of nitrogens with one attached hydrogen (secondary N) is 2. The summed E-state index contributed by atoms with van der Waals surface area (Å²) >= 11 is 0. The number of imidazole rings is 1. The van der Waals surface area contributed by atoms with E-state index in [0.29, 0.717) is 12.6 Å². The Morgan fingerprint density at radius 3 is 2.81 bits per heavy atom. The van der Waals surface area contributed by atoms with Crippen LogP contribution >= 0.6 is 0 Å². The molecule has 1 aromatic carbocycles. The zero-order valence-electron chi connectivity index (χ0n) is 16.4. The molecule has 3 rings (SSSR count). The van der Waals surface area contributed by atoms with E-state index in [2.05, 4.69) is 40.6 Å². The Morgan fingerprint density at radius 1 is 1.30 bits per heavy atom. The number of amides is 2. The highest BCUT2D eigenvalue weighted by atomic mass is 16.2. The summed E-state index contributed by atoms with van der Waals surface area (Å²) in [7, 11) is 2.19. The molecule has 1 saturated carbocycles. The average Bonchev–Trinajstić information content (AvgIpc) is 3.23. The molecule has 1 aromatic heterocycles. The fourth-order valence-electron chi connectivity index (χ4n) is 3.74. The zero-order chi connectivity index (χ0) is 19.1. The highest BCUT2D eigenvalue weighted by Gasteiger charge is 2.19. The molecule has 0 radical (unpaired) electrons. The molecule has 0 saturated heterocycles. The first-order valence-corrected chi connectivity index (χ1v) is 9.94. The Labute approximate surface area is 162 Å². The van der Waals surface area contributed by atoms with E-state index in [1.54, 1.807) is 12.5 Å². The van der Waals surface area contributed by atoms with E-state index < -0.39 is 0 Å². The Morgan fingerprint density at radius 2 is 2.07 bits per heavy atom. The number of carbonyl (C=O) groups excluding carboxylic acids is 1. The lowest BCUT2D eigenvalue weighted by atomic mass is 9.94. The summed E-state index contributed by atoms with van der Waals surface area (Å²) in [5, 5.41) is 5.97. The van der Waals surface area contributed by atoms with E-state index in [0.717, 1.165) is 17.8 Å². The molecular weight excluding hydrogens is 338 g/mol. The lowest BCUT2D eigenvalue weighted by Crippen LogP contribution is -2.35. The predicted molar refractivity (Wildman–Crippen MR) is 109 cm³/mol. The van der Waals surface area contributed by atoms with Crippen molar-refractivity contribution in [2.24, 2.45) is 0 Å². The maximum atomic E-state index is 12.4. The average molecular weight is 370 g/mol. The largest absolute Gasteiger partial charge is 0.336 e. The number of rotatable bonds is 7. The number of anilines is 1. The highest BCUT2D eigenvalue weighted by molar-refractivity contribution is 5.90. The van der Waals surface area contributed by atoms with E-state index in [9.17, 15) is 4.79 Å². The van der Waals surface area contributed by atoms with E-state index in [1.807, 2.05) is 29.0 Å². The van der Waals surface area contributed by atoms with Crippen molar-refractivity contribution in [1.82, 2.24) is 19.8 Å². The Kier molecular flexibility index (Phi) is 6.87. The van der Waals surface area contributed by atoms with Gasteiger partial charge in [0.2, 0.25) is 0 Å². The van der Waals surface area contributed by atoms with Gasteiger partial charge in [0.15, 0.2) is 0 Å². The third kappa shape index (κ3) is 5.57. The maximum Gasteiger partial charge on any atom is 0.319 e. The summed E-state index contributed by atoms with van der Waals surface area (Å²) in [5.74, 6) is 0. The van der Waals surface area contributed by atoms with Crippen molar-refractivity contribution in [2.45, 2.75) is 57.7 Å². The molecule has 1 fully saturated rings. The quantitative estimate of drug-likeness (QED) is 0.774. The van der Waals surface area contributed by atoms with Crippen molar-refractivity contribution in [2.75, 3.05) is 18.9 Å². The number of aromatic nitrogens is 2. The van der Waals surface area contributed by atoms with Crippen LogP contribution in [0.4, 0.5) is 10.5 Å². The summed E-state index contributed by atoms with van der Waals surface area (Å²) in [5.41, 5.74) is 2.04. The van der Waals surface area contributed by atoms with Crippen LogP contribution in [-0.4, -0.2) is 40.1 Å². The van der Waals surface area contributed by atoms with Gasteiger partial charge in [-0.25, -0.2) is 9.78 Å². The minimum absolute atomic E-state index is 0.158. The number of carbonyl (C=O) groups is 1. The Balaban J connectivity index is 1.54. The van der Waals surface area contributed by atoms with Crippen LogP contribution in [0.3, 0.4) is 0 Å². The topological polar surface area (TPSA) is 62.2 Å². The first-order valence-electron chi connectivity index (χ1n) is 9.94. The highest BCUT2D eigenvalue weighted by Crippen LogP contribution is 2.24. The van der Waals surface area contributed by atoms with Crippen LogP contribution in [0.2, 0.25) is 0 Å². The minimum atomic E-state index is -0.172. The van der Waals surface area contributed by atoms with Crippen LogP contribution in [0.1, 0.15) is 50.6 Å². The van der Waals surface area contributed by atoms with Crippen molar-refractivity contribution in [3.63, 3.8) is 0 Å². The summed E-state index contributed by atoms with van der Waals surface area (Å²) in [6.45, 7) is 3.45. The van der Waals surface area contributed by atoms with Gasteiger partial charge in [-0.3, -0.25) is 4.90 Å². The van der Waals surface area contributed by atoms with Crippen molar-refractivity contribution in [3.05, 3.63) is 48.5 Å². The number of nitrogens with zero attached hydrogens (tertiary/aromatic N) is 3. The van der Waals surface area contributed by atoms with Gasteiger partial charge in [0.05, 0.1) is 6.33 Å². The van der Waals surface area contributed by atoms with Crippen molar-refractivity contribution >= 4 is 11.7 Å². The van der Waals surface area contributed by atoms with Crippen LogP contribution in [0.25, 0.3) is 0 Å². The van der Waals surface area contributed by atoms with Gasteiger partial charge in [0, 0.05) is 43.3 Å². The number of para-hydroxylation sites is 1. The number of hydrogen-bond donors (Lipinski definition) is 2. The smallest absolute Gasteiger partial charge is 0.319 e. The van der Waals surface area contributed by atoms with Gasteiger partial charge in [-0.1, -0.05) is 37.5 Å². The third-order valence-corrected chi connectivity index (χ3v) is 5.48. The second-order valence-corrected chi connectivity index (χ2v) is 7.56. The number of benzene rings is 1. The lowest BCUT2D eigenvalue weighted by molar-refractivity contribution is 0.185. The fraction of sp³-hybridized carbons (Fsp3) is 0.524. The molecule has 27 heavy (non-hydrogen) atoms. The molecule has 1 heterocycles.